The van der Waals surface area contributed by atoms with Crippen LogP contribution in [-0.4, -0.2) is 16.8 Å². The predicted octanol–water partition coefficient (Wildman–Crippen LogP) is 3.64. The van der Waals surface area contributed by atoms with Crippen molar-refractivity contribution in [3.05, 3.63) is 11.1 Å². The van der Waals surface area contributed by atoms with E-state index in [1.165, 1.54) is 11.3 Å². The van der Waals surface area contributed by atoms with Crippen molar-refractivity contribution < 1.29 is 4.79 Å². The fraction of sp³-hybridized carbons (Fsp3) is 0.667. The monoisotopic (exact) mass is 274 g/mol. The molecule has 0 aromatic carbocycles. The molecule has 3 nitrogen and oxygen atoms in total. The second-order valence-corrected chi connectivity index (χ2v) is 6.88. The van der Waals surface area contributed by atoms with Gasteiger partial charge in [-0.1, -0.05) is 20.8 Å². The van der Waals surface area contributed by atoms with Crippen molar-refractivity contribution in [3.63, 3.8) is 0 Å². The van der Waals surface area contributed by atoms with E-state index in [0.29, 0.717) is 5.13 Å². The number of aromatic nitrogens is 1. The third-order valence-electron chi connectivity index (χ3n) is 2.44. The molecule has 1 aromatic rings. The van der Waals surface area contributed by atoms with Crippen LogP contribution in [0.5, 0.6) is 0 Å². The summed E-state index contributed by atoms with van der Waals surface area (Å²) in [5, 5.41) is 5.42. The van der Waals surface area contributed by atoms with E-state index in [1.54, 1.807) is 0 Å². The van der Waals surface area contributed by atoms with Gasteiger partial charge in [0.25, 0.3) is 0 Å². The first kappa shape index (κ1) is 14.5. The van der Waals surface area contributed by atoms with E-state index in [0.717, 1.165) is 5.69 Å². The molecular formula is C12H19ClN2OS. The molecule has 17 heavy (non-hydrogen) atoms. The van der Waals surface area contributed by atoms with Gasteiger partial charge >= 0.3 is 0 Å². The largest absolute Gasteiger partial charge is 0.301 e. The van der Waals surface area contributed by atoms with Crippen LogP contribution in [0, 0.1) is 5.41 Å². The number of carbonyl (C=O) groups excluding carboxylic acids is 1. The fourth-order valence-corrected chi connectivity index (χ4v) is 2.06. The summed E-state index contributed by atoms with van der Waals surface area (Å²) in [4.78, 5) is 16.3. The molecule has 0 saturated carbocycles. The van der Waals surface area contributed by atoms with Gasteiger partial charge in [-0.3, -0.25) is 4.79 Å². The van der Waals surface area contributed by atoms with E-state index in [9.17, 15) is 4.79 Å². The van der Waals surface area contributed by atoms with Crippen LogP contribution >= 0.6 is 22.9 Å². The van der Waals surface area contributed by atoms with Gasteiger partial charge in [0, 0.05) is 16.7 Å². The Morgan fingerprint density at radius 3 is 2.41 bits per heavy atom. The maximum atomic E-state index is 11.9. The van der Waals surface area contributed by atoms with Gasteiger partial charge < -0.3 is 5.32 Å². The molecule has 5 heteroatoms. The molecule has 0 radical (unpaired) electrons. The number of carbonyl (C=O) groups is 1. The first-order valence-electron chi connectivity index (χ1n) is 5.50. The summed E-state index contributed by atoms with van der Waals surface area (Å²) in [6.45, 7) is 9.91. The number of amides is 1. The highest BCUT2D eigenvalue weighted by atomic mass is 35.5. The van der Waals surface area contributed by atoms with Gasteiger partial charge in [0.2, 0.25) is 5.91 Å². The highest BCUT2D eigenvalue weighted by Crippen LogP contribution is 2.27. The summed E-state index contributed by atoms with van der Waals surface area (Å²) in [5.41, 5.74) is 0.415. The molecule has 0 saturated heterocycles. The van der Waals surface area contributed by atoms with Gasteiger partial charge in [-0.05, 0) is 13.8 Å². The number of alkyl halides is 1. The molecule has 1 rings (SSSR count). The van der Waals surface area contributed by atoms with Crippen LogP contribution in [-0.2, 0) is 10.2 Å². The van der Waals surface area contributed by atoms with Crippen LogP contribution in [0.25, 0.3) is 0 Å². The van der Waals surface area contributed by atoms with Crippen molar-refractivity contribution in [1.29, 1.82) is 0 Å². The minimum Gasteiger partial charge on any atom is -0.301 e. The number of hydrogen-bond donors (Lipinski definition) is 1. The zero-order valence-electron chi connectivity index (χ0n) is 10.9. The molecule has 96 valence electrons. The molecule has 1 aromatic heterocycles. The average molecular weight is 275 g/mol. The van der Waals surface area contributed by atoms with Crippen molar-refractivity contribution in [2.24, 2.45) is 5.41 Å². The second-order valence-electron chi connectivity index (χ2n) is 5.76. The lowest BCUT2D eigenvalue weighted by Gasteiger charge is -2.19. The van der Waals surface area contributed by atoms with Crippen LogP contribution in [0.4, 0.5) is 5.13 Å². The number of nitrogens with zero attached hydrogens (tertiary/aromatic N) is 1. The molecule has 0 fully saturated rings. The highest BCUT2D eigenvalue weighted by Gasteiger charge is 2.27. The van der Waals surface area contributed by atoms with Crippen molar-refractivity contribution in [2.75, 3.05) is 11.2 Å². The molecular weight excluding hydrogens is 256 g/mol. The topological polar surface area (TPSA) is 42.0 Å². The lowest BCUT2D eigenvalue weighted by molar-refractivity contribution is -0.122. The Balaban J connectivity index is 2.77. The number of hydrogen-bond acceptors (Lipinski definition) is 3. The first-order valence-corrected chi connectivity index (χ1v) is 6.91. The van der Waals surface area contributed by atoms with Crippen molar-refractivity contribution in [3.8, 4) is 0 Å². The Hall–Kier alpha value is -0.610. The Labute approximate surface area is 112 Å². The van der Waals surface area contributed by atoms with E-state index in [-0.39, 0.29) is 17.2 Å². The molecule has 1 heterocycles. The van der Waals surface area contributed by atoms with Crippen LogP contribution < -0.4 is 5.32 Å². The first-order chi connectivity index (χ1) is 7.66. The van der Waals surface area contributed by atoms with Crippen LogP contribution in [0.15, 0.2) is 5.38 Å². The Morgan fingerprint density at radius 1 is 1.41 bits per heavy atom. The lowest BCUT2D eigenvalue weighted by Crippen LogP contribution is -2.32. The summed E-state index contributed by atoms with van der Waals surface area (Å²) in [6, 6.07) is 0. The maximum Gasteiger partial charge on any atom is 0.233 e. The van der Waals surface area contributed by atoms with Crippen LogP contribution in [0.3, 0.4) is 0 Å². The number of nitrogens with one attached hydrogen (secondary N) is 1. The summed E-state index contributed by atoms with van der Waals surface area (Å²) >= 11 is 7.20. The van der Waals surface area contributed by atoms with Crippen LogP contribution in [0.1, 0.15) is 40.3 Å². The maximum absolute atomic E-state index is 11.9. The number of rotatable bonds is 3. The molecule has 0 bridgehead atoms. The third-order valence-corrected chi connectivity index (χ3v) is 3.87. The molecule has 0 aliphatic carbocycles. The molecule has 0 unspecified atom stereocenters. The Bertz CT molecular complexity index is 407. The fourth-order valence-electron chi connectivity index (χ4n) is 1.00. The molecule has 0 spiro atoms. The SMILES string of the molecule is CC(C)(CCl)C(=O)Nc1nc(C(C)(C)C)cs1. The van der Waals surface area contributed by atoms with Crippen LogP contribution in [0.2, 0.25) is 0 Å². The predicted molar refractivity (Wildman–Crippen MR) is 73.9 cm³/mol. The highest BCUT2D eigenvalue weighted by molar-refractivity contribution is 7.14. The van der Waals surface area contributed by atoms with E-state index < -0.39 is 5.41 Å². The van der Waals surface area contributed by atoms with E-state index >= 15 is 0 Å². The Morgan fingerprint density at radius 2 is 2.00 bits per heavy atom. The van der Waals surface area contributed by atoms with E-state index in [2.05, 4.69) is 31.1 Å². The summed E-state index contributed by atoms with van der Waals surface area (Å²) in [6.07, 6.45) is 0. The van der Waals surface area contributed by atoms with Crippen molar-refractivity contribution >= 4 is 34.0 Å². The third kappa shape index (κ3) is 3.68. The van der Waals surface area contributed by atoms with Gasteiger partial charge in [-0.2, -0.15) is 0 Å². The van der Waals surface area contributed by atoms with Gasteiger partial charge in [-0.15, -0.1) is 22.9 Å². The molecule has 1 amide bonds. The molecule has 0 atom stereocenters. The van der Waals surface area contributed by atoms with Gasteiger partial charge in [0.15, 0.2) is 5.13 Å². The molecule has 0 aliphatic rings. The summed E-state index contributed by atoms with van der Waals surface area (Å²) in [7, 11) is 0. The normalized spacial score (nSPS) is 12.6. The zero-order valence-corrected chi connectivity index (χ0v) is 12.5. The molecule has 1 N–H and O–H groups in total. The quantitative estimate of drug-likeness (QED) is 0.855. The van der Waals surface area contributed by atoms with E-state index in [1.807, 2.05) is 19.2 Å². The Kier molecular flexibility index (Phi) is 4.20. The smallest absolute Gasteiger partial charge is 0.233 e. The number of thiazole rings is 1. The zero-order chi connectivity index (χ0) is 13.3. The van der Waals surface area contributed by atoms with Gasteiger partial charge in [-0.25, -0.2) is 4.98 Å². The van der Waals surface area contributed by atoms with Gasteiger partial charge in [0.1, 0.15) is 0 Å². The average Bonchev–Trinajstić information content (AvgIpc) is 2.65. The van der Waals surface area contributed by atoms with Crippen molar-refractivity contribution in [1.82, 2.24) is 4.98 Å². The minimum absolute atomic E-state index is 0.00147. The van der Waals surface area contributed by atoms with Crippen molar-refractivity contribution in [2.45, 2.75) is 40.0 Å². The lowest BCUT2D eigenvalue weighted by atomic mass is 9.93. The molecule has 0 aliphatic heterocycles. The summed E-state index contributed by atoms with van der Waals surface area (Å²) < 4.78 is 0. The van der Waals surface area contributed by atoms with E-state index in [4.69, 9.17) is 11.6 Å². The number of anilines is 1. The second kappa shape index (κ2) is 4.94. The summed E-state index contributed by atoms with van der Waals surface area (Å²) in [5.74, 6) is 0.193. The van der Waals surface area contributed by atoms with Gasteiger partial charge in [0.05, 0.1) is 11.1 Å². The standard InChI is InChI=1S/C12H19ClN2OS/c1-11(2,3)8-6-17-10(14-8)15-9(16)12(4,5)7-13/h6H,7H2,1-5H3,(H,14,15,16). The minimum atomic E-state index is -0.574. The number of halogens is 1.